The normalized spacial score (nSPS) is 16.9. The van der Waals surface area contributed by atoms with E-state index < -0.39 is 6.29 Å². The van der Waals surface area contributed by atoms with Crippen molar-refractivity contribution < 1.29 is 19.4 Å². The van der Waals surface area contributed by atoms with Crippen LogP contribution in [0.5, 0.6) is 11.8 Å². The molecule has 1 aromatic carbocycles. The second kappa shape index (κ2) is 8.14. The summed E-state index contributed by atoms with van der Waals surface area (Å²) in [6.07, 6.45) is -1.25. The second-order valence-electron chi connectivity index (χ2n) is 7.31. The lowest BCUT2D eigenvalue weighted by atomic mass is 10.1. The molecule has 0 fully saturated rings. The number of aromatic nitrogens is 3. The number of halogens is 1. The van der Waals surface area contributed by atoms with Crippen LogP contribution in [0.3, 0.4) is 0 Å². The van der Waals surface area contributed by atoms with Crippen LogP contribution >= 0.6 is 22.9 Å². The summed E-state index contributed by atoms with van der Waals surface area (Å²) in [6, 6.07) is 8.90. The molecule has 0 aliphatic carbocycles. The van der Waals surface area contributed by atoms with E-state index in [1.807, 2.05) is 25.1 Å². The highest BCUT2D eigenvalue weighted by atomic mass is 35.5. The Morgan fingerprint density at radius 3 is 2.88 bits per heavy atom. The van der Waals surface area contributed by atoms with Crippen LogP contribution in [0.4, 0.5) is 5.69 Å². The number of methoxy groups -OCH3 is 1. The van der Waals surface area contributed by atoms with Crippen molar-refractivity contribution in [3.8, 4) is 11.8 Å². The number of nitrogens with zero attached hydrogens (tertiary/aromatic N) is 3. The maximum Gasteiger partial charge on any atom is 0.263 e. The molecule has 11 heteroatoms. The molecule has 4 heterocycles. The van der Waals surface area contributed by atoms with Gasteiger partial charge in [-0.25, -0.2) is 9.97 Å². The van der Waals surface area contributed by atoms with Gasteiger partial charge in [-0.2, -0.15) is 4.98 Å². The zero-order chi connectivity index (χ0) is 22.4. The van der Waals surface area contributed by atoms with Gasteiger partial charge in [-0.3, -0.25) is 4.79 Å². The van der Waals surface area contributed by atoms with Crippen LogP contribution in [0.25, 0.3) is 21.0 Å². The number of fused-ring (bicyclic) bond motifs is 5. The molecule has 3 aromatic heterocycles. The second-order valence-corrected chi connectivity index (χ2v) is 8.70. The molecular weight excluding hydrogens is 454 g/mol. The van der Waals surface area contributed by atoms with E-state index in [9.17, 15) is 9.90 Å². The number of anilines is 1. The smallest absolute Gasteiger partial charge is 0.263 e. The third kappa shape index (κ3) is 3.71. The van der Waals surface area contributed by atoms with Crippen molar-refractivity contribution in [2.75, 3.05) is 19.0 Å². The maximum atomic E-state index is 12.6. The van der Waals surface area contributed by atoms with E-state index in [4.69, 9.17) is 21.1 Å². The van der Waals surface area contributed by atoms with Crippen LogP contribution in [0.15, 0.2) is 30.3 Å². The number of pyridine rings is 1. The molecule has 3 N–H and O–H groups in total. The van der Waals surface area contributed by atoms with E-state index >= 15 is 0 Å². The number of carbonyl (C=O) groups excluding carboxylic acids is 1. The van der Waals surface area contributed by atoms with Crippen LogP contribution in [0.1, 0.15) is 28.6 Å². The SMILES string of the molecule is COC(O)c1cc(Oc2ccc3c(ccc4sc5c(c43)NC[C@@H](C)NC5=O)n2)nc(Cl)n1. The predicted molar refractivity (Wildman–Crippen MR) is 122 cm³/mol. The summed E-state index contributed by atoms with van der Waals surface area (Å²) in [5.74, 6) is 0.348. The summed E-state index contributed by atoms with van der Waals surface area (Å²) in [5, 5.41) is 18.0. The summed E-state index contributed by atoms with van der Waals surface area (Å²) in [5.41, 5.74) is 1.70. The summed E-state index contributed by atoms with van der Waals surface area (Å²) in [4.78, 5) is 25.8. The average Bonchev–Trinajstić information content (AvgIpc) is 3.09. The number of amides is 1. The minimum Gasteiger partial charge on any atom is -0.421 e. The lowest BCUT2D eigenvalue weighted by molar-refractivity contribution is -0.0800. The number of hydrogen-bond donors (Lipinski definition) is 3. The third-order valence-electron chi connectivity index (χ3n) is 5.05. The van der Waals surface area contributed by atoms with E-state index in [1.165, 1.54) is 24.5 Å². The molecule has 1 unspecified atom stereocenters. The van der Waals surface area contributed by atoms with E-state index in [2.05, 4.69) is 25.6 Å². The van der Waals surface area contributed by atoms with E-state index in [-0.39, 0.29) is 28.8 Å². The van der Waals surface area contributed by atoms with Crippen molar-refractivity contribution in [2.24, 2.45) is 0 Å². The zero-order valence-corrected chi connectivity index (χ0v) is 18.6. The third-order valence-corrected chi connectivity index (χ3v) is 6.37. The molecule has 2 atom stereocenters. The van der Waals surface area contributed by atoms with Gasteiger partial charge in [0.05, 0.1) is 11.2 Å². The summed E-state index contributed by atoms with van der Waals surface area (Å²) in [7, 11) is 1.34. The highest BCUT2D eigenvalue weighted by Gasteiger charge is 2.25. The Morgan fingerprint density at radius 2 is 2.06 bits per heavy atom. The molecule has 32 heavy (non-hydrogen) atoms. The van der Waals surface area contributed by atoms with E-state index in [0.29, 0.717) is 22.8 Å². The topological polar surface area (TPSA) is 118 Å². The number of hydrogen-bond acceptors (Lipinski definition) is 9. The van der Waals surface area contributed by atoms with E-state index in [1.54, 1.807) is 6.07 Å². The quantitative estimate of drug-likeness (QED) is 0.303. The highest BCUT2D eigenvalue weighted by molar-refractivity contribution is 7.21. The minimum absolute atomic E-state index is 0.0338. The molecule has 164 valence electrons. The fourth-order valence-electron chi connectivity index (χ4n) is 3.58. The molecule has 0 spiro atoms. The van der Waals surface area contributed by atoms with Gasteiger partial charge in [0.25, 0.3) is 5.91 Å². The van der Waals surface area contributed by atoms with Crippen molar-refractivity contribution in [1.82, 2.24) is 20.3 Å². The Labute approximate surface area is 191 Å². The molecule has 0 saturated carbocycles. The molecule has 1 aliphatic heterocycles. The Hall–Kier alpha value is -3.05. The Kier molecular flexibility index (Phi) is 5.30. The average molecular weight is 472 g/mol. The van der Waals surface area contributed by atoms with Crippen molar-refractivity contribution in [3.05, 3.63) is 46.2 Å². The Balaban J connectivity index is 1.55. The van der Waals surface area contributed by atoms with Crippen LogP contribution < -0.4 is 15.4 Å². The number of benzene rings is 1. The standard InChI is InChI=1S/C21H18ClN5O4S/c1-9-8-23-17-16-10-3-6-14(31-15-7-12(20(29)30-2)26-21(22)27-15)25-11(10)4-5-13(16)32-18(17)19(28)24-9/h3-7,9,20,23,29H,8H2,1-2H3,(H,24,28)/t9-,20?/m1/s1. The predicted octanol–water partition coefficient (Wildman–Crippen LogP) is 3.87. The van der Waals surface area contributed by atoms with Crippen LogP contribution in [-0.2, 0) is 4.74 Å². The van der Waals surface area contributed by atoms with Gasteiger partial charge in [0.1, 0.15) is 10.6 Å². The maximum absolute atomic E-state index is 12.6. The van der Waals surface area contributed by atoms with Crippen molar-refractivity contribution in [2.45, 2.75) is 19.3 Å². The van der Waals surface area contributed by atoms with Gasteiger partial charge in [-0.1, -0.05) is 0 Å². The van der Waals surface area contributed by atoms with Crippen molar-refractivity contribution in [1.29, 1.82) is 0 Å². The lowest BCUT2D eigenvalue weighted by Crippen LogP contribution is -2.34. The number of rotatable bonds is 4. The fraction of sp³-hybridized carbons (Fsp3) is 0.238. The fourth-order valence-corrected chi connectivity index (χ4v) is 4.86. The lowest BCUT2D eigenvalue weighted by Gasteiger charge is -2.11. The summed E-state index contributed by atoms with van der Waals surface area (Å²) in [6.45, 7) is 2.60. The van der Waals surface area contributed by atoms with Gasteiger partial charge in [0, 0.05) is 47.3 Å². The molecule has 0 saturated heterocycles. The highest BCUT2D eigenvalue weighted by Crippen LogP contribution is 2.41. The van der Waals surface area contributed by atoms with Gasteiger partial charge < -0.3 is 25.2 Å². The molecule has 5 rings (SSSR count). The first-order valence-corrected chi connectivity index (χ1v) is 11.0. The van der Waals surface area contributed by atoms with Crippen LogP contribution in [0, 0.1) is 0 Å². The zero-order valence-electron chi connectivity index (χ0n) is 17.0. The monoisotopic (exact) mass is 471 g/mol. The number of nitrogens with one attached hydrogen (secondary N) is 2. The van der Waals surface area contributed by atoms with Crippen LogP contribution in [0.2, 0.25) is 5.28 Å². The Bertz CT molecular complexity index is 1360. The molecule has 0 radical (unpaired) electrons. The van der Waals surface area contributed by atoms with E-state index in [0.717, 1.165) is 21.2 Å². The van der Waals surface area contributed by atoms with Crippen LogP contribution in [-0.4, -0.2) is 45.7 Å². The van der Waals surface area contributed by atoms with Gasteiger partial charge in [0.2, 0.25) is 17.0 Å². The number of aliphatic hydroxyl groups is 1. The minimum atomic E-state index is -1.25. The first-order chi connectivity index (χ1) is 15.4. The first-order valence-electron chi connectivity index (χ1n) is 9.77. The van der Waals surface area contributed by atoms with Gasteiger partial charge >= 0.3 is 0 Å². The molecule has 4 aromatic rings. The number of ether oxygens (including phenoxy) is 2. The van der Waals surface area contributed by atoms with Gasteiger partial charge in [-0.15, -0.1) is 11.3 Å². The van der Waals surface area contributed by atoms with Gasteiger partial charge in [-0.05, 0) is 36.7 Å². The van der Waals surface area contributed by atoms with Crippen molar-refractivity contribution in [3.63, 3.8) is 0 Å². The summed E-state index contributed by atoms with van der Waals surface area (Å²) >= 11 is 7.39. The largest absolute Gasteiger partial charge is 0.421 e. The molecule has 9 nitrogen and oxygen atoms in total. The van der Waals surface area contributed by atoms with Crippen molar-refractivity contribution >= 4 is 55.5 Å². The molecule has 0 bridgehead atoms. The summed E-state index contributed by atoms with van der Waals surface area (Å²) < 4.78 is 11.6. The number of thiophene rings is 1. The molecule has 1 aliphatic rings. The molecular formula is C21H18ClN5O4S. The first kappa shape index (κ1) is 20.8. The number of carbonyl (C=O) groups is 1. The van der Waals surface area contributed by atoms with Gasteiger partial charge in [0.15, 0.2) is 6.29 Å². The molecule has 1 amide bonds. The Morgan fingerprint density at radius 1 is 1.22 bits per heavy atom. The number of aliphatic hydroxyl groups excluding tert-OH is 1.